The third-order valence-electron chi connectivity index (χ3n) is 3.33. The third-order valence-corrected chi connectivity index (χ3v) is 4.31. The van der Waals surface area contributed by atoms with Gasteiger partial charge in [0.1, 0.15) is 0 Å². The molecule has 0 atom stereocenters. The van der Waals surface area contributed by atoms with Crippen LogP contribution in [0.15, 0.2) is 18.2 Å². The Bertz CT molecular complexity index is 620. The van der Waals surface area contributed by atoms with Gasteiger partial charge in [-0.3, -0.25) is 4.79 Å². The molecule has 116 valence electrons. The van der Waals surface area contributed by atoms with Gasteiger partial charge in [-0.15, -0.1) is 0 Å². The molecule has 0 aromatic heterocycles. The molecule has 0 unspecified atom stereocenters. The summed E-state index contributed by atoms with van der Waals surface area (Å²) in [6.07, 6.45) is 2.32. The molecule has 1 aliphatic rings. The molecule has 3 N–H and O–H groups in total. The van der Waals surface area contributed by atoms with Gasteiger partial charge < -0.3 is 10.6 Å². The zero-order valence-corrected chi connectivity index (χ0v) is 13.2. The summed E-state index contributed by atoms with van der Waals surface area (Å²) in [6, 6.07) is 4.64. The second-order valence-corrected chi connectivity index (χ2v) is 7.45. The van der Waals surface area contributed by atoms with E-state index in [4.69, 9.17) is 17.3 Å². The van der Waals surface area contributed by atoms with E-state index in [1.807, 2.05) is 0 Å². The fourth-order valence-electron chi connectivity index (χ4n) is 2.42. The number of nitrogen functional groups attached to an aromatic ring is 1. The average Bonchev–Trinajstić information content (AvgIpc) is 2.35. The summed E-state index contributed by atoms with van der Waals surface area (Å²) in [4.78, 5) is 14.1. The van der Waals surface area contributed by atoms with E-state index in [1.165, 1.54) is 0 Å². The van der Waals surface area contributed by atoms with Gasteiger partial charge in [0.05, 0.1) is 6.26 Å². The molecule has 1 saturated heterocycles. The van der Waals surface area contributed by atoms with E-state index < -0.39 is 10.0 Å². The zero-order chi connectivity index (χ0) is 15.6. The van der Waals surface area contributed by atoms with E-state index in [0.717, 1.165) is 6.26 Å². The molecular formula is C13H18ClN3O3S. The molecule has 0 aliphatic carbocycles. The van der Waals surface area contributed by atoms with Crippen LogP contribution in [0.2, 0.25) is 5.02 Å². The topological polar surface area (TPSA) is 92.5 Å². The van der Waals surface area contributed by atoms with Gasteiger partial charge in [0.15, 0.2) is 0 Å². The van der Waals surface area contributed by atoms with Gasteiger partial charge in [-0.2, -0.15) is 0 Å². The van der Waals surface area contributed by atoms with Gasteiger partial charge in [-0.25, -0.2) is 13.1 Å². The van der Waals surface area contributed by atoms with Crippen LogP contribution in [0.4, 0.5) is 5.69 Å². The monoisotopic (exact) mass is 331 g/mol. The number of nitrogens with one attached hydrogen (secondary N) is 1. The molecule has 0 spiro atoms. The maximum Gasteiger partial charge on any atom is 0.253 e. The quantitative estimate of drug-likeness (QED) is 0.810. The van der Waals surface area contributed by atoms with Gasteiger partial charge in [-0.05, 0) is 31.0 Å². The van der Waals surface area contributed by atoms with Crippen molar-refractivity contribution < 1.29 is 13.2 Å². The number of anilines is 1. The fraction of sp³-hybridized carbons (Fsp3) is 0.462. The number of carbonyl (C=O) groups is 1. The lowest BCUT2D eigenvalue weighted by Crippen LogP contribution is -2.46. The smallest absolute Gasteiger partial charge is 0.253 e. The minimum absolute atomic E-state index is 0.117. The summed E-state index contributed by atoms with van der Waals surface area (Å²) >= 11 is 5.90. The summed E-state index contributed by atoms with van der Waals surface area (Å²) in [7, 11) is -3.21. The van der Waals surface area contributed by atoms with Crippen molar-refractivity contribution in [2.45, 2.75) is 18.9 Å². The molecule has 1 aromatic rings. The van der Waals surface area contributed by atoms with Crippen LogP contribution in [-0.2, 0) is 10.0 Å². The molecule has 6 nitrogen and oxygen atoms in total. The molecule has 21 heavy (non-hydrogen) atoms. The standard InChI is InChI=1S/C13H18ClN3O3S/c1-21(19,20)16-12-2-4-17(5-3-12)13(18)9-6-10(14)8-11(15)7-9/h6-8,12,16H,2-5,15H2,1H3. The molecule has 1 heterocycles. The number of halogens is 1. The molecule has 0 radical (unpaired) electrons. The minimum Gasteiger partial charge on any atom is -0.399 e. The Balaban J connectivity index is 2.00. The molecule has 0 bridgehead atoms. The summed E-state index contributed by atoms with van der Waals surface area (Å²) < 4.78 is 25.0. The summed E-state index contributed by atoms with van der Waals surface area (Å²) in [5.41, 5.74) is 6.58. The first kappa shape index (κ1) is 16.1. The molecule has 8 heteroatoms. The first-order valence-electron chi connectivity index (χ1n) is 6.57. The van der Waals surface area contributed by atoms with E-state index in [-0.39, 0.29) is 11.9 Å². The molecule has 1 aliphatic heterocycles. The highest BCUT2D eigenvalue weighted by molar-refractivity contribution is 7.88. The van der Waals surface area contributed by atoms with Crippen LogP contribution < -0.4 is 10.5 Å². The lowest BCUT2D eigenvalue weighted by molar-refractivity contribution is 0.0711. The van der Waals surface area contributed by atoms with Crippen molar-refractivity contribution in [3.8, 4) is 0 Å². The zero-order valence-electron chi connectivity index (χ0n) is 11.7. The number of hydrogen-bond acceptors (Lipinski definition) is 4. The summed E-state index contributed by atoms with van der Waals surface area (Å²) in [5.74, 6) is -0.137. The van der Waals surface area contributed by atoms with Crippen LogP contribution in [-0.4, -0.2) is 44.6 Å². The highest BCUT2D eigenvalue weighted by atomic mass is 35.5. The predicted octanol–water partition coefficient (Wildman–Crippen LogP) is 1.08. The van der Waals surface area contributed by atoms with Gasteiger partial charge in [0.2, 0.25) is 10.0 Å². The third kappa shape index (κ3) is 4.59. The summed E-state index contributed by atoms with van der Waals surface area (Å²) in [6.45, 7) is 0.997. The first-order valence-corrected chi connectivity index (χ1v) is 8.84. The number of nitrogens with two attached hydrogens (primary N) is 1. The Morgan fingerprint density at radius 1 is 1.33 bits per heavy atom. The predicted molar refractivity (Wildman–Crippen MR) is 82.8 cm³/mol. The van der Waals surface area contributed by atoms with Crippen molar-refractivity contribution >= 4 is 33.2 Å². The van der Waals surface area contributed by atoms with Crippen molar-refractivity contribution in [2.75, 3.05) is 25.1 Å². The van der Waals surface area contributed by atoms with Crippen molar-refractivity contribution in [1.82, 2.24) is 9.62 Å². The second kappa shape index (κ2) is 6.21. The van der Waals surface area contributed by atoms with Gasteiger partial charge in [0.25, 0.3) is 5.91 Å². The number of sulfonamides is 1. The van der Waals surface area contributed by atoms with Crippen molar-refractivity contribution in [2.24, 2.45) is 0 Å². The second-order valence-electron chi connectivity index (χ2n) is 5.23. The van der Waals surface area contributed by atoms with Crippen LogP contribution in [0, 0.1) is 0 Å². The lowest BCUT2D eigenvalue weighted by atomic mass is 10.0. The highest BCUT2D eigenvalue weighted by Crippen LogP contribution is 2.20. The first-order chi connectivity index (χ1) is 9.74. The van der Waals surface area contributed by atoms with Crippen LogP contribution >= 0.6 is 11.6 Å². The Morgan fingerprint density at radius 2 is 1.95 bits per heavy atom. The number of likely N-dealkylation sites (tertiary alicyclic amines) is 1. The van der Waals surface area contributed by atoms with Gasteiger partial charge >= 0.3 is 0 Å². The lowest BCUT2D eigenvalue weighted by Gasteiger charge is -2.32. The van der Waals surface area contributed by atoms with Crippen molar-refractivity contribution in [1.29, 1.82) is 0 Å². The van der Waals surface area contributed by atoms with Crippen molar-refractivity contribution in [3.63, 3.8) is 0 Å². The largest absolute Gasteiger partial charge is 0.399 e. The Morgan fingerprint density at radius 3 is 2.48 bits per heavy atom. The molecule has 1 fully saturated rings. The summed E-state index contributed by atoms with van der Waals surface area (Å²) in [5, 5.41) is 0.423. The van der Waals surface area contributed by atoms with E-state index in [9.17, 15) is 13.2 Å². The minimum atomic E-state index is -3.21. The molecule has 1 aromatic carbocycles. The van der Waals surface area contributed by atoms with E-state index in [2.05, 4.69) is 4.72 Å². The number of piperidine rings is 1. The maximum absolute atomic E-state index is 12.4. The van der Waals surface area contributed by atoms with Crippen LogP contribution in [0.5, 0.6) is 0 Å². The number of hydrogen-bond donors (Lipinski definition) is 2. The molecular weight excluding hydrogens is 314 g/mol. The Hall–Kier alpha value is -1.31. The number of carbonyl (C=O) groups excluding carboxylic acids is 1. The number of benzene rings is 1. The van der Waals surface area contributed by atoms with Crippen LogP contribution in [0.3, 0.4) is 0 Å². The molecule has 0 saturated carbocycles. The average molecular weight is 332 g/mol. The van der Waals surface area contributed by atoms with E-state index in [0.29, 0.717) is 42.2 Å². The number of nitrogens with zero attached hydrogens (tertiary/aromatic N) is 1. The van der Waals surface area contributed by atoms with Gasteiger partial charge in [0, 0.05) is 35.4 Å². The molecule has 1 amide bonds. The van der Waals surface area contributed by atoms with Gasteiger partial charge in [-0.1, -0.05) is 11.6 Å². The number of amides is 1. The normalized spacial score (nSPS) is 17.0. The number of rotatable bonds is 3. The van der Waals surface area contributed by atoms with Crippen LogP contribution in [0.1, 0.15) is 23.2 Å². The fourth-order valence-corrected chi connectivity index (χ4v) is 3.51. The highest BCUT2D eigenvalue weighted by Gasteiger charge is 2.25. The Labute approximate surface area is 129 Å². The molecule has 2 rings (SSSR count). The van der Waals surface area contributed by atoms with Crippen LogP contribution in [0.25, 0.3) is 0 Å². The maximum atomic E-state index is 12.4. The van der Waals surface area contributed by atoms with E-state index in [1.54, 1.807) is 23.1 Å². The SMILES string of the molecule is CS(=O)(=O)NC1CCN(C(=O)c2cc(N)cc(Cl)c2)CC1. The van der Waals surface area contributed by atoms with E-state index >= 15 is 0 Å². The van der Waals surface area contributed by atoms with Crippen molar-refractivity contribution in [3.05, 3.63) is 28.8 Å². The Kier molecular flexibility index (Phi) is 4.75.